The van der Waals surface area contributed by atoms with Crippen molar-refractivity contribution in [3.63, 3.8) is 0 Å². The summed E-state index contributed by atoms with van der Waals surface area (Å²) >= 11 is 0. The number of aliphatic hydroxyl groups excluding tert-OH is 1. The summed E-state index contributed by atoms with van der Waals surface area (Å²) in [7, 11) is 0. The quantitative estimate of drug-likeness (QED) is 0.448. The highest BCUT2D eigenvalue weighted by atomic mass is 16.5. The summed E-state index contributed by atoms with van der Waals surface area (Å²) in [5.74, 6) is -2.00. The minimum atomic E-state index is -1.25. The number of benzene rings is 2. The molecule has 3 rings (SSSR count). The maximum absolute atomic E-state index is 12.8. The van der Waals surface area contributed by atoms with Crippen molar-refractivity contribution in [2.45, 2.75) is 51.6 Å². The largest absolute Gasteiger partial charge is 0.480 e. The summed E-state index contributed by atoms with van der Waals surface area (Å²) < 4.78 is 5.55. The smallest absolute Gasteiger partial charge is 0.407 e. The van der Waals surface area contributed by atoms with Gasteiger partial charge in [-0.3, -0.25) is 4.79 Å². The van der Waals surface area contributed by atoms with Crippen LogP contribution in [0.5, 0.6) is 0 Å². The summed E-state index contributed by atoms with van der Waals surface area (Å²) in [6.07, 6.45) is -0.608. The van der Waals surface area contributed by atoms with Crippen LogP contribution in [-0.4, -0.2) is 53.5 Å². The number of ether oxygens (including phenoxy) is 1. The molecule has 0 saturated heterocycles. The van der Waals surface area contributed by atoms with Crippen molar-refractivity contribution >= 4 is 18.0 Å². The summed E-state index contributed by atoms with van der Waals surface area (Å²) in [6.45, 7) is 5.45. The monoisotopic (exact) mass is 468 g/mol. The van der Waals surface area contributed by atoms with Gasteiger partial charge in [-0.1, -0.05) is 69.3 Å². The molecule has 182 valence electrons. The molecule has 0 bridgehead atoms. The van der Waals surface area contributed by atoms with E-state index in [4.69, 9.17) is 9.84 Å². The molecule has 0 aromatic heterocycles. The first-order valence-corrected chi connectivity index (χ1v) is 11.4. The standard InChI is InChI=1S/C26H32N2O6/c1-26(2,3)14-22(23(30)27-21(12-13-29)24(31)32)28-25(33)34-15-20-18-10-6-4-8-16(18)17-9-5-7-11-19(17)20/h4-11,20-22,29H,12-15H2,1-3H3,(H,27,30)(H,28,33)(H,31,32)/t21-,22?/m0/s1. The molecular weight excluding hydrogens is 436 g/mol. The average molecular weight is 469 g/mol. The SMILES string of the molecule is CC(C)(C)CC(NC(=O)OCC1c2ccccc2-c2ccccc21)C(=O)N[C@@H](CCO)C(=O)O. The van der Waals surface area contributed by atoms with E-state index in [1.807, 2.05) is 69.3 Å². The lowest BCUT2D eigenvalue weighted by Crippen LogP contribution is -2.53. The van der Waals surface area contributed by atoms with Gasteiger partial charge in [0.1, 0.15) is 18.7 Å². The number of alkyl carbamates (subject to hydrolysis) is 1. The van der Waals surface area contributed by atoms with Crippen LogP contribution in [0.1, 0.15) is 50.7 Å². The number of carbonyl (C=O) groups is 3. The van der Waals surface area contributed by atoms with E-state index in [1.54, 1.807) is 0 Å². The van der Waals surface area contributed by atoms with Gasteiger partial charge in [0.25, 0.3) is 0 Å². The van der Waals surface area contributed by atoms with Crippen LogP contribution in [0.2, 0.25) is 0 Å². The molecule has 0 radical (unpaired) electrons. The first-order valence-electron chi connectivity index (χ1n) is 11.4. The van der Waals surface area contributed by atoms with E-state index in [0.717, 1.165) is 22.3 Å². The van der Waals surface area contributed by atoms with Crippen molar-refractivity contribution in [2.24, 2.45) is 5.41 Å². The predicted octanol–water partition coefficient (Wildman–Crippen LogP) is 3.28. The summed E-state index contributed by atoms with van der Waals surface area (Å²) in [5, 5.41) is 23.4. The topological polar surface area (TPSA) is 125 Å². The second kappa shape index (κ2) is 10.7. The van der Waals surface area contributed by atoms with Crippen molar-refractivity contribution in [3.05, 3.63) is 59.7 Å². The van der Waals surface area contributed by atoms with Crippen LogP contribution in [-0.2, 0) is 14.3 Å². The number of carboxylic acid groups (broad SMARTS) is 1. The number of hydrogen-bond acceptors (Lipinski definition) is 5. The number of carboxylic acids is 1. The molecular formula is C26H32N2O6. The van der Waals surface area contributed by atoms with E-state index in [9.17, 15) is 19.5 Å². The summed E-state index contributed by atoms with van der Waals surface area (Å²) in [5.41, 5.74) is 4.05. The molecule has 0 spiro atoms. The van der Waals surface area contributed by atoms with Crippen LogP contribution in [0.25, 0.3) is 11.1 Å². The van der Waals surface area contributed by atoms with Gasteiger partial charge in [0.05, 0.1) is 0 Å². The van der Waals surface area contributed by atoms with E-state index < -0.39 is 30.1 Å². The lowest BCUT2D eigenvalue weighted by molar-refractivity contribution is -0.142. The van der Waals surface area contributed by atoms with E-state index >= 15 is 0 Å². The lowest BCUT2D eigenvalue weighted by Gasteiger charge is -2.27. The molecule has 0 fully saturated rings. The van der Waals surface area contributed by atoms with Gasteiger partial charge in [0.15, 0.2) is 0 Å². The number of fused-ring (bicyclic) bond motifs is 3. The molecule has 2 aromatic carbocycles. The van der Waals surface area contributed by atoms with Crippen LogP contribution >= 0.6 is 0 Å². The van der Waals surface area contributed by atoms with Crippen molar-refractivity contribution in [2.75, 3.05) is 13.2 Å². The molecule has 0 heterocycles. The number of carbonyl (C=O) groups excluding carboxylic acids is 2. The van der Waals surface area contributed by atoms with Gasteiger partial charge in [-0.15, -0.1) is 0 Å². The summed E-state index contributed by atoms with van der Waals surface area (Å²) in [4.78, 5) is 36.9. The Balaban J connectivity index is 1.69. The van der Waals surface area contributed by atoms with Crippen LogP contribution in [0, 0.1) is 5.41 Å². The lowest BCUT2D eigenvalue weighted by atomic mass is 9.87. The van der Waals surface area contributed by atoms with Gasteiger partial charge in [-0.05, 0) is 34.1 Å². The number of aliphatic carboxylic acids is 1. The van der Waals surface area contributed by atoms with Crippen LogP contribution in [0.15, 0.2) is 48.5 Å². The Morgan fingerprint density at radius 2 is 1.50 bits per heavy atom. The molecule has 8 heteroatoms. The number of amides is 2. The fourth-order valence-electron chi connectivity index (χ4n) is 4.26. The minimum Gasteiger partial charge on any atom is -0.480 e. The third kappa shape index (κ3) is 6.14. The van der Waals surface area contributed by atoms with E-state index in [0.29, 0.717) is 0 Å². The molecule has 34 heavy (non-hydrogen) atoms. The Hall–Kier alpha value is -3.39. The third-order valence-electron chi connectivity index (χ3n) is 5.80. The van der Waals surface area contributed by atoms with Crippen LogP contribution in [0.4, 0.5) is 4.79 Å². The predicted molar refractivity (Wildman–Crippen MR) is 127 cm³/mol. The zero-order chi connectivity index (χ0) is 24.9. The second-order valence-corrected chi connectivity index (χ2v) is 9.70. The van der Waals surface area contributed by atoms with Crippen molar-refractivity contribution < 1.29 is 29.3 Å². The highest BCUT2D eigenvalue weighted by Crippen LogP contribution is 2.44. The first-order chi connectivity index (χ1) is 16.1. The number of nitrogens with one attached hydrogen (secondary N) is 2. The highest BCUT2D eigenvalue weighted by Gasteiger charge is 2.32. The highest BCUT2D eigenvalue weighted by molar-refractivity contribution is 5.89. The Labute approximate surface area is 199 Å². The Kier molecular flexibility index (Phi) is 7.94. The van der Waals surface area contributed by atoms with Gasteiger partial charge in [0, 0.05) is 18.9 Å². The van der Waals surface area contributed by atoms with Crippen LogP contribution in [0.3, 0.4) is 0 Å². The number of hydrogen-bond donors (Lipinski definition) is 4. The molecule has 1 unspecified atom stereocenters. The van der Waals surface area contributed by atoms with E-state index in [2.05, 4.69) is 10.6 Å². The molecule has 2 atom stereocenters. The number of rotatable bonds is 9. The third-order valence-corrected chi connectivity index (χ3v) is 5.80. The van der Waals surface area contributed by atoms with Gasteiger partial charge in [-0.25, -0.2) is 9.59 Å². The van der Waals surface area contributed by atoms with Crippen molar-refractivity contribution in [1.29, 1.82) is 0 Å². The van der Waals surface area contributed by atoms with Gasteiger partial charge in [-0.2, -0.15) is 0 Å². The van der Waals surface area contributed by atoms with Gasteiger partial charge >= 0.3 is 12.1 Å². The average Bonchev–Trinajstić information content (AvgIpc) is 3.09. The van der Waals surface area contributed by atoms with Crippen molar-refractivity contribution in [1.82, 2.24) is 10.6 Å². The second-order valence-electron chi connectivity index (χ2n) is 9.70. The summed E-state index contributed by atoms with van der Waals surface area (Å²) in [6, 6.07) is 13.7. The number of aliphatic hydroxyl groups is 1. The van der Waals surface area contributed by atoms with E-state index in [-0.39, 0.29) is 37.4 Å². The van der Waals surface area contributed by atoms with Crippen LogP contribution < -0.4 is 10.6 Å². The van der Waals surface area contributed by atoms with Gasteiger partial charge < -0.3 is 25.6 Å². The maximum atomic E-state index is 12.8. The maximum Gasteiger partial charge on any atom is 0.407 e. The molecule has 0 saturated carbocycles. The Morgan fingerprint density at radius 3 is 2.00 bits per heavy atom. The molecule has 2 aromatic rings. The first kappa shape index (κ1) is 25.2. The minimum absolute atomic E-state index is 0.103. The fraction of sp³-hybridized carbons (Fsp3) is 0.423. The molecule has 1 aliphatic carbocycles. The van der Waals surface area contributed by atoms with Gasteiger partial charge in [0.2, 0.25) is 5.91 Å². The molecule has 1 aliphatic rings. The Morgan fingerprint density at radius 1 is 0.941 bits per heavy atom. The van der Waals surface area contributed by atoms with Crippen molar-refractivity contribution in [3.8, 4) is 11.1 Å². The zero-order valence-electron chi connectivity index (χ0n) is 19.7. The molecule has 8 nitrogen and oxygen atoms in total. The molecule has 0 aliphatic heterocycles. The normalized spacial score (nSPS) is 14.5. The zero-order valence-corrected chi connectivity index (χ0v) is 19.7. The molecule has 2 amide bonds. The fourth-order valence-corrected chi connectivity index (χ4v) is 4.26. The molecule has 4 N–H and O–H groups in total. The Bertz CT molecular complexity index is 1000. The van der Waals surface area contributed by atoms with E-state index in [1.165, 1.54) is 0 Å².